The minimum Gasteiger partial charge on any atom is -0.454 e. The average molecular weight is 456 g/mol. The topological polar surface area (TPSA) is 68.0 Å². The fourth-order valence-electron chi connectivity index (χ4n) is 4.58. The lowest BCUT2D eigenvalue weighted by Crippen LogP contribution is -2.48. The third-order valence-electron chi connectivity index (χ3n) is 6.54. The minimum absolute atomic E-state index is 0.0423. The number of piperazine rings is 1. The minimum atomic E-state index is 0.0423. The second-order valence-electron chi connectivity index (χ2n) is 8.87. The molecule has 7 heteroatoms. The van der Waals surface area contributed by atoms with E-state index in [4.69, 9.17) is 14.0 Å². The highest BCUT2D eigenvalue weighted by atomic mass is 16.7. The third-order valence-corrected chi connectivity index (χ3v) is 6.54. The first kappa shape index (κ1) is 20.7. The zero-order valence-electron chi connectivity index (χ0n) is 19.0. The molecule has 1 fully saturated rings. The Morgan fingerprint density at radius 3 is 2.53 bits per heavy atom. The second-order valence-corrected chi connectivity index (χ2v) is 8.87. The molecule has 1 saturated heterocycles. The number of carbonyl (C=O) groups excluding carboxylic acids is 1. The molecule has 0 atom stereocenters. The lowest BCUT2D eigenvalue weighted by Gasteiger charge is -2.34. The van der Waals surface area contributed by atoms with E-state index in [-0.39, 0.29) is 12.7 Å². The van der Waals surface area contributed by atoms with Crippen LogP contribution in [0.3, 0.4) is 0 Å². The van der Waals surface area contributed by atoms with Gasteiger partial charge in [0.05, 0.1) is 5.39 Å². The molecule has 0 N–H and O–H groups in total. The summed E-state index contributed by atoms with van der Waals surface area (Å²) in [5.41, 5.74) is 4.73. The van der Waals surface area contributed by atoms with E-state index in [2.05, 4.69) is 16.1 Å². The number of amides is 1. The van der Waals surface area contributed by atoms with E-state index in [0.717, 1.165) is 47.6 Å². The normalized spacial score (nSPS) is 15.7. The van der Waals surface area contributed by atoms with Crippen molar-refractivity contribution in [2.45, 2.75) is 13.5 Å². The number of hydrogen-bond acceptors (Lipinski definition) is 6. The van der Waals surface area contributed by atoms with Crippen molar-refractivity contribution in [2.24, 2.45) is 0 Å². The first-order valence-electron chi connectivity index (χ1n) is 11.5. The summed E-state index contributed by atoms with van der Waals surface area (Å²) < 4.78 is 16.5. The summed E-state index contributed by atoms with van der Waals surface area (Å²) in [7, 11) is 0. The number of ether oxygens (including phenoxy) is 2. The Balaban J connectivity index is 1.14. The summed E-state index contributed by atoms with van der Waals surface area (Å²) >= 11 is 0. The van der Waals surface area contributed by atoms with E-state index in [0.29, 0.717) is 24.4 Å². The highest BCUT2D eigenvalue weighted by Crippen LogP contribution is 2.33. The summed E-state index contributed by atoms with van der Waals surface area (Å²) in [6, 6.07) is 19.8. The van der Waals surface area contributed by atoms with Crippen LogP contribution in [-0.2, 0) is 6.54 Å². The first-order valence-corrected chi connectivity index (χ1v) is 11.5. The highest BCUT2D eigenvalue weighted by molar-refractivity contribution is 6.01. The van der Waals surface area contributed by atoms with Crippen LogP contribution in [0.5, 0.6) is 11.5 Å². The molecule has 0 radical (unpaired) electrons. The summed E-state index contributed by atoms with van der Waals surface area (Å²) in [5.74, 6) is 2.34. The number of aromatic nitrogens is 1. The van der Waals surface area contributed by atoms with Crippen molar-refractivity contribution in [2.75, 3.05) is 33.0 Å². The van der Waals surface area contributed by atoms with Gasteiger partial charge in [0.25, 0.3) is 5.91 Å². The summed E-state index contributed by atoms with van der Waals surface area (Å²) in [6.07, 6.45) is 0. The Kier molecular flexibility index (Phi) is 5.19. The number of hydrogen-bond donors (Lipinski definition) is 0. The van der Waals surface area contributed by atoms with Gasteiger partial charge in [-0.25, -0.2) is 0 Å². The molecule has 2 aliphatic rings. The van der Waals surface area contributed by atoms with Crippen LogP contribution in [0.15, 0.2) is 65.2 Å². The van der Waals surface area contributed by atoms with Crippen molar-refractivity contribution in [1.29, 1.82) is 0 Å². The molecular weight excluding hydrogens is 430 g/mol. The van der Waals surface area contributed by atoms with Crippen LogP contribution in [0, 0.1) is 6.92 Å². The van der Waals surface area contributed by atoms with Crippen LogP contribution < -0.4 is 9.47 Å². The molecule has 0 aliphatic carbocycles. The molecule has 0 spiro atoms. The van der Waals surface area contributed by atoms with Crippen molar-refractivity contribution < 1.29 is 18.8 Å². The molecule has 3 heterocycles. The van der Waals surface area contributed by atoms with E-state index in [1.807, 2.05) is 66.4 Å². The van der Waals surface area contributed by atoms with Crippen LogP contribution >= 0.6 is 0 Å². The van der Waals surface area contributed by atoms with Crippen molar-refractivity contribution in [1.82, 2.24) is 15.0 Å². The molecule has 34 heavy (non-hydrogen) atoms. The standard InChI is InChI=1S/C27H25N3O4/c1-18-2-5-20(6-3-18)26-22-15-21(7-8-23(22)28-34-26)27(31)30-12-10-29(11-13-30)16-19-4-9-24-25(14-19)33-17-32-24/h2-9,14-15H,10-13,16-17H2,1H3. The molecule has 3 aromatic carbocycles. The fraction of sp³-hybridized carbons (Fsp3) is 0.259. The predicted molar refractivity (Wildman–Crippen MR) is 128 cm³/mol. The lowest BCUT2D eigenvalue weighted by molar-refractivity contribution is 0.0628. The molecule has 0 unspecified atom stereocenters. The lowest BCUT2D eigenvalue weighted by atomic mass is 10.0. The largest absolute Gasteiger partial charge is 0.454 e. The average Bonchev–Trinajstić information content (AvgIpc) is 3.51. The van der Waals surface area contributed by atoms with E-state index in [1.54, 1.807) is 0 Å². The van der Waals surface area contributed by atoms with Crippen LogP contribution in [-0.4, -0.2) is 53.8 Å². The number of rotatable bonds is 4. The molecule has 0 saturated carbocycles. The molecule has 0 bridgehead atoms. The number of aryl methyl sites for hydroxylation is 1. The molecule has 1 aromatic heterocycles. The summed E-state index contributed by atoms with van der Waals surface area (Å²) in [5, 5.41) is 5.04. The van der Waals surface area contributed by atoms with Gasteiger partial charge in [-0.15, -0.1) is 0 Å². The Morgan fingerprint density at radius 1 is 0.912 bits per heavy atom. The SMILES string of the molecule is Cc1ccc(-c2onc3ccc(C(=O)N4CCN(Cc5ccc6c(c5)OCO6)CC4)cc23)cc1. The van der Waals surface area contributed by atoms with Gasteiger partial charge in [-0.3, -0.25) is 9.69 Å². The number of nitrogens with zero attached hydrogens (tertiary/aromatic N) is 3. The van der Waals surface area contributed by atoms with Gasteiger partial charge in [-0.05, 0) is 42.8 Å². The molecule has 172 valence electrons. The Morgan fingerprint density at radius 2 is 1.71 bits per heavy atom. The summed E-state index contributed by atoms with van der Waals surface area (Å²) in [4.78, 5) is 17.6. The Bertz CT molecular complexity index is 1350. The van der Waals surface area contributed by atoms with Gasteiger partial charge >= 0.3 is 0 Å². The fourth-order valence-corrected chi connectivity index (χ4v) is 4.58. The van der Waals surface area contributed by atoms with Gasteiger partial charge in [0.1, 0.15) is 5.52 Å². The third kappa shape index (κ3) is 3.88. The maximum atomic E-state index is 13.3. The quantitative estimate of drug-likeness (QED) is 0.452. The van der Waals surface area contributed by atoms with Gasteiger partial charge in [0.15, 0.2) is 17.3 Å². The van der Waals surface area contributed by atoms with Gasteiger partial charge in [0.2, 0.25) is 6.79 Å². The zero-order valence-corrected chi connectivity index (χ0v) is 19.0. The van der Waals surface area contributed by atoms with E-state index in [1.165, 1.54) is 11.1 Å². The second kappa shape index (κ2) is 8.50. The zero-order chi connectivity index (χ0) is 23.1. The molecule has 2 aliphatic heterocycles. The van der Waals surface area contributed by atoms with Gasteiger partial charge in [-0.2, -0.15) is 0 Å². The van der Waals surface area contributed by atoms with Crippen molar-refractivity contribution in [3.63, 3.8) is 0 Å². The molecule has 6 rings (SSSR count). The van der Waals surface area contributed by atoms with Gasteiger partial charge in [-0.1, -0.05) is 41.1 Å². The van der Waals surface area contributed by atoms with Crippen LogP contribution in [0.25, 0.3) is 22.2 Å². The predicted octanol–water partition coefficient (Wildman–Crippen LogP) is 4.49. The van der Waals surface area contributed by atoms with Crippen molar-refractivity contribution in [3.05, 3.63) is 77.4 Å². The molecule has 4 aromatic rings. The van der Waals surface area contributed by atoms with Crippen LogP contribution in [0.4, 0.5) is 0 Å². The van der Waals surface area contributed by atoms with E-state index < -0.39 is 0 Å². The molecule has 7 nitrogen and oxygen atoms in total. The highest BCUT2D eigenvalue weighted by Gasteiger charge is 2.24. The maximum absolute atomic E-state index is 13.3. The molecular formula is C27H25N3O4. The smallest absolute Gasteiger partial charge is 0.253 e. The van der Waals surface area contributed by atoms with Gasteiger partial charge < -0.3 is 18.9 Å². The Hall–Kier alpha value is -3.84. The van der Waals surface area contributed by atoms with E-state index in [9.17, 15) is 4.79 Å². The number of carbonyl (C=O) groups is 1. The van der Waals surface area contributed by atoms with Crippen molar-refractivity contribution in [3.8, 4) is 22.8 Å². The number of benzene rings is 3. The number of fused-ring (bicyclic) bond motifs is 2. The van der Waals surface area contributed by atoms with E-state index >= 15 is 0 Å². The van der Waals surface area contributed by atoms with Gasteiger partial charge in [0, 0.05) is 43.9 Å². The van der Waals surface area contributed by atoms with Crippen LogP contribution in [0.2, 0.25) is 0 Å². The monoisotopic (exact) mass is 455 g/mol. The Labute approximate surface area is 197 Å². The van der Waals surface area contributed by atoms with Crippen LogP contribution in [0.1, 0.15) is 21.5 Å². The first-order chi connectivity index (χ1) is 16.6. The summed E-state index contributed by atoms with van der Waals surface area (Å²) in [6.45, 7) is 6.19. The maximum Gasteiger partial charge on any atom is 0.253 e. The van der Waals surface area contributed by atoms with Crippen molar-refractivity contribution >= 4 is 16.8 Å². The molecule has 1 amide bonds.